The van der Waals surface area contributed by atoms with E-state index < -0.39 is 0 Å². The van der Waals surface area contributed by atoms with Crippen molar-refractivity contribution in [3.05, 3.63) is 66.0 Å². The fourth-order valence-electron chi connectivity index (χ4n) is 2.45. The molecule has 0 saturated heterocycles. The van der Waals surface area contributed by atoms with E-state index in [4.69, 9.17) is 0 Å². The minimum atomic E-state index is -0.319. The molecule has 0 unspecified atom stereocenters. The smallest absolute Gasteiger partial charge is 0.251 e. The molecule has 8 heteroatoms. The summed E-state index contributed by atoms with van der Waals surface area (Å²) in [5, 5.41) is 9.62. The molecule has 0 aliphatic rings. The van der Waals surface area contributed by atoms with Gasteiger partial charge in [-0.15, -0.1) is 0 Å². The van der Waals surface area contributed by atoms with Crippen LogP contribution in [0.2, 0.25) is 0 Å². The number of fused-ring (bicyclic) bond motifs is 1. The summed E-state index contributed by atoms with van der Waals surface area (Å²) < 4.78 is 13.0. The molecule has 2 aromatic carbocycles. The van der Waals surface area contributed by atoms with Crippen molar-refractivity contribution in [1.82, 2.24) is 30.5 Å². The third-order valence-corrected chi connectivity index (χ3v) is 3.73. The van der Waals surface area contributed by atoms with E-state index in [1.165, 1.54) is 12.1 Å². The predicted octanol–water partition coefficient (Wildman–Crippen LogP) is 2.42. The van der Waals surface area contributed by atoms with Crippen molar-refractivity contribution in [3.63, 3.8) is 0 Å². The number of carbonyl (C=O) groups excluding carboxylic acids is 1. The number of rotatable bonds is 4. The van der Waals surface area contributed by atoms with Crippen LogP contribution in [0, 0.1) is 5.82 Å². The number of H-pyrrole nitrogens is 2. The molecule has 0 fully saturated rings. The molecule has 0 aliphatic heterocycles. The number of hydrogen-bond acceptors (Lipinski definition) is 4. The maximum Gasteiger partial charge on any atom is 0.251 e. The predicted molar refractivity (Wildman–Crippen MR) is 89.0 cm³/mol. The highest BCUT2D eigenvalue weighted by molar-refractivity contribution is 5.97. The van der Waals surface area contributed by atoms with E-state index in [1.54, 1.807) is 36.7 Å². The average Bonchev–Trinajstić information content (AvgIpc) is 3.29. The van der Waals surface area contributed by atoms with Gasteiger partial charge in [0.25, 0.3) is 5.91 Å². The number of aromatic nitrogens is 5. The molecule has 7 nitrogen and oxygen atoms in total. The number of halogens is 1. The first-order chi connectivity index (χ1) is 12.2. The second-order valence-electron chi connectivity index (χ2n) is 5.43. The standard InChI is InChI=1S/C17H13FN6O/c18-12-4-1-10(2-5-12)16-22-15(23-24-16)8-19-17(25)11-3-6-13-14(7-11)21-9-20-13/h1-7,9H,8H2,(H,19,25)(H,20,21)(H,22,23,24). The minimum absolute atomic E-state index is 0.202. The van der Waals surface area contributed by atoms with E-state index in [0.717, 1.165) is 11.0 Å². The molecule has 124 valence electrons. The van der Waals surface area contributed by atoms with Crippen LogP contribution in [0.15, 0.2) is 48.8 Å². The van der Waals surface area contributed by atoms with Crippen LogP contribution in [0.1, 0.15) is 16.2 Å². The van der Waals surface area contributed by atoms with Gasteiger partial charge in [-0.3, -0.25) is 9.89 Å². The van der Waals surface area contributed by atoms with Crippen molar-refractivity contribution in [3.8, 4) is 11.4 Å². The van der Waals surface area contributed by atoms with Crippen LogP contribution in [0.3, 0.4) is 0 Å². The Morgan fingerprint density at radius 1 is 1.16 bits per heavy atom. The lowest BCUT2D eigenvalue weighted by atomic mass is 10.2. The molecular formula is C17H13FN6O. The van der Waals surface area contributed by atoms with Gasteiger partial charge in [0.15, 0.2) is 5.82 Å². The highest BCUT2D eigenvalue weighted by Gasteiger charge is 2.10. The second kappa shape index (κ2) is 6.16. The number of carbonyl (C=O) groups is 1. The molecule has 3 N–H and O–H groups in total. The molecule has 4 rings (SSSR count). The topological polar surface area (TPSA) is 99.3 Å². The van der Waals surface area contributed by atoms with Crippen LogP contribution in [0.4, 0.5) is 4.39 Å². The van der Waals surface area contributed by atoms with Gasteiger partial charge in [0, 0.05) is 11.1 Å². The second-order valence-corrected chi connectivity index (χ2v) is 5.43. The van der Waals surface area contributed by atoms with Crippen molar-refractivity contribution in [2.45, 2.75) is 6.54 Å². The summed E-state index contributed by atoms with van der Waals surface area (Å²) in [6.07, 6.45) is 1.58. The molecule has 0 saturated carbocycles. The highest BCUT2D eigenvalue weighted by Crippen LogP contribution is 2.15. The highest BCUT2D eigenvalue weighted by atomic mass is 19.1. The summed E-state index contributed by atoms with van der Waals surface area (Å²) in [6, 6.07) is 11.1. The third kappa shape index (κ3) is 3.09. The molecule has 0 aliphatic carbocycles. The number of aromatic amines is 2. The lowest BCUT2D eigenvalue weighted by molar-refractivity contribution is 0.0950. The van der Waals surface area contributed by atoms with Crippen molar-refractivity contribution in [2.75, 3.05) is 0 Å². The Balaban J connectivity index is 1.44. The SMILES string of the molecule is O=C(NCc1nc(-c2ccc(F)cc2)n[nH]1)c1ccc2nc[nH]c2c1. The van der Waals surface area contributed by atoms with Crippen LogP contribution in [-0.2, 0) is 6.54 Å². The average molecular weight is 336 g/mol. The van der Waals surface area contributed by atoms with Gasteiger partial charge in [-0.2, -0.15) is 5.10 Å². The van der Waals surface area contributed by atoms with Gasteiger partial charge in [0.1, 0.15) is 11.6 Å². The van der Waals surface area contributed by atoms with Gasteiger partial charge >= 0.3 is 0 Å². The quantitative estimate of drug-likeness (QED) is 0.533. The fourth-order valence-corrected chi connectivity index (χ4v) is 2.45. The van der Waals surface area contributed by atoms with Crippen molar-refractivity contribution < 1.29 is 9.18 Å². The van der Waals surface area contributed by atoms with Gasteiger partial charge in [-0.05, 0) is 42.5 Å². The van der Waals surface area contributed by atoms with Gasteiger partial charge in [-0.1, -0.05) is 0 Å². The number of imidazole rings is 1. The van der Waals surface area contributed by atoms with E-state index >= 15 is 0 Å². The van der Waals surface area contributed by atoms with Gasteiger partial charge in [-0.25, -0.2) is 14.4 Å². The Morgan fingerprint density at radius 3 is 2.84 bits per heavy atom. The summed E-state index contributed by atoms with van der Waals surface area (Å²) in [6.45, 7) is 0.202. The summed E-state index contributed by atoms with van der Waals surface area (Å²) in [4.78, 5) is 23.6. The van der Waals surface area contributed by atoms with E-state index in [2.05, 4.69) is 30.5 Å². The largest absolute Gasteiger partial charge is 0.345 e. The number of nitrogens with zero attached hydrogens (tertiary/aromatic N) is 3. The van der Waals surface area contributed by atoms with E-state index in [-0.39, 0.29) is 18.3 Å². The summed E-state index contributed by atoms with van der Waals surface area (Å²) in [7, 11) is 0. The van der Waals surface area contributed by atoms with Gasteiger partial charge in [0.2, 0.25) is 0 Å². The number of nitrogens with one attached hydrogen (secondary N) is 3. The first-order valence-electron chi connectivity index (χ1n) is 7.57. The Labute approximate surface area is 141 Å². The lowest BCUT2D eigenvalue weighted by Gasteiger charge is -2.03. The van der Waals surface area contributed by atoms with Crippen LogP contribution < -0.4 is 5.32 Å². The number of benzene rings is 2. The van der Waals surface area contributed by atoms with Crippen LogP contribution in [-0.4, -0.2) is 31.1 Å². The minimum Gasteiger partial charge on any atom is -0.345 e. The van der Waals surface area contributed by atoms with Crippen LogP contribution in [0.25, 0.3) is 22.4 Å². The molecule has 4 aromatic rings. The van der Waals surface area contributed by atoms with E-state index in [1.807, 2.05) is 0 Å². The molecule has 2 heterocycles. The molecule has 1 amide bonds. The van der Waals surface area contributed by atoms with Gasteiger partial charge < -0.3 is 10.3 Å². The molecule has 0 spiro atoms. The zero-order valence-corrected chi connectivity index (χ0v) is 13.0. The van der Waals surface area contributed by atoms with Crippen LogP contribution >= 0.6 is 0 Å². The van der Waals surface area contributed by atoms with Crippen molar-refractivity contribution >= 4 is 16.9 Å². The Hall–Kier alpha value is -3.55. The molecule has 2 aromatic heterocycles. The summed E-state index contributed by atoms with van der Waals surface area (Å²) in [5.74, 6) is 0.413. The van der Waals surface area contributed by atoms with Crippen LogP contribution in [0.5, 0.6) is 0 Å². The Bertz CT molecular complexity index is 1040. The normalized spacial score (nSPS) is 10.9. The van der Waals surface area contributed by atoms with E-state index in [0.29, 0.717) is 22.8 Å². The zero-order valence-electron chi connectivity index (χ0n) is 13.0. The number of hydrogen-bond donors (Lipinski definition) is 3. The van der Waals surface area contributed by atoms with Gasteiger partial charge in [0.05, 0.1) is 23.9 Å². The van der Waals surface area contributed by atoms with E-state index in [9.17, 15) is 9.18 Å². The molecule has 25 heavy (non-hydrogen) atoms. The maximum atomic E-state index is 13.0. The first kappa shape index (κ1) is 15.0. The van der Waals surface area contributed by atoms with Crippen molar-refractivity contribution in [1.29, 1.82) is 0 Å². The molecule has 0 radical (unpaired) electrons. The first-order valence-corrected chi connectivity index (χ1v) is 7.57. The van der Waals surface area contributed by atoms with Crippen molar-refractivity contribution in [2.24, 2.45) is 0 Å². The zero-order chi connectivity index (χ0) is 17.2. The molecule has 0 bridgehead atoms. The summed E-state index contributed by atoms with van der Waals surface area (Å²) in [5.41, 5.74) is 2.82. The third-order valence-electron chi connectivity index (χ3n) is 3.73. The molecular weight excluding hydrogens is 323 g/mol. The summed E-state index contributed by atoms with van der Waals surface area (Å²) >= 11 is 0. The Kier molecular flexibility index (Phi) is 3.70. The monoisotopic (exact) mass is 336 g/mol. The number of amides is 1. The fraction of sp³-hybridized carbons (Fsp3) is 0.0588. The maximum absolute atomic E-state index is 13.0. The molecule has 0 atom stereocenters. The lowest BCUT2D eigenvalue weighted by Crippen LogP contribution is -2.23. The Morgan fingerprint density at radius 2 is 2.00 bits per heavy atom.